The Morgan fingerprint density at radius 1 is 1.45 bits per heavy atom. The van der Waals surface area contributed by atoms with Crippen LogP contribution in [0.5, 0.6) is 0 Å². The van der Waals surface area contributed by atoms with E-state index in [1.807, 2.05) is 6.92 Å². The fourth-order valence-electron chi connectivity index (χ4n) is 1.71. The first kappa shape index (κ1) is 14.5. The third-order valence-electron chi connectivity index (χ3n) is 2.82. The molecule has 8 heteroatoms. The van der Waals surface area contributed by atoms with E-state index in [-0.39, 0.29) is 22.8 Å². The van der Waals surface area contributed by atoms with Crippen molar-refractivity contribution in [2.45, 2.75) is 25.0 Å². The summed E-state index contributed by atoms with van der Waals surface area (Å²) >= 11 is 0. The Balaban J connectivity index is 2.35. The maximum Gasteiger partial charge on any atom is 0.280 e. The molecule has 0 saturated heterocycles. The molecule has 0 aliphatic rings. The normalized spacial score (nSPS) is 11.6. The van der Waals surface area contributed by atoms with E-state index in [2.05, 4.69) is 9.71 Å². The van der Waals surface area contributed by atoms with Crippen LogP contribution in [0.2, 0.25) is 0 Å². The van der Waals surface area contributed by atoms with Crippen LogP contribution in [0.3, 0.4) is 0 Å². The van der Waals surface area contributed by atoms with Gasteiger partial charge in [0.2, 0.25) is 0 Å². The number of aryl methyl sites for hydroxylation is 1. The Bertz CT molecular complexity index is 712. The Hall–Kier alpha value is -1.93. The van der Waals surface area contributed by atoms with Crippen LogP contribution in [0, 0.1) is 5.82 Å². The lowest BCUT2D eigenvalue weighted by Crippen LogP contribution is -2.16. The number of nitrogens with one attached hydrogen (secondary N) is 1. The van der Waals surface area contributed by atoms with Crippen molar-refractivity contribution in [3.63, 3.8) is 0 Å². The number of benzene rings is 1. The largest absolute Gasteiger partial charge is 0.336 e. The maximum atomic E-state index is 13.6. The van der Waals surface area contributed by atoms with Crippen molar-refractivity contribution in [3.05, 3.63) is 42.1 Å². The van der Waals surface area contributed by atoms with Gasteiger partial charge in [0.15, 0.2) is 5.03 Å². The lowest BCUT2D eigenvalue weighted by Gasteiger charge is -2.10. The number of aromatic nitrogens is 2. The molecule has 0 amide bonds. The van der Waals surface area contributed by atoms with Gasteiger partial charge in [-0.2, -0.15) is 8.42 Å². The predicted octanol–water partition coefficient (Wildman–Crippen LogP) is 1.30. The fraction of sp³-hybridized carbons (Fsp3) is 0.250. The van der Waals surface area contributed by atoms with Gasteiger partial charge in [0.1, 0.15) is 5.82 Å². The van der Waals surface area contributed by atoms with Gasteiger partial charge in [0.05, 0.1) is 12.0 Å². The van der Waals surface area contributed by atoms with E-state index in [0.717, 1.165) is 0 Å². The summed E-state index contributed by atoms with van der Waals surface area (Å²) in [5.41, 5.74) is 5.68. The molecule has 0 atom stereocenters. The Labute approximate surface area is 116 Å². The SMILES string of the molecule is CCn1cnc(S(=O)(=O)Nc2cccc(F)c2CN)c1. The minimum atomic E-state index is -3.86. The minimum absolute atomic E-state index is 0.103. The standard InChI is InChI=1S/C12H15FN4O2S/c1-2-17-7-12(15-8-17)20(18,19)16-11-5-3-4-10(13)9(11)6-14/h3-5,7-8,16H,2,6,14H2,1H3. The van der Waals surface area contributed by atoms with Gasteiger partial charge in [0, 0.05) is 24.8 Å². The van der Waals surface area contributed by atoms with Crippen LogP contribution < -0.4 is 10.5 Å². The lowest BCUT2D eigenvalue weighted by molar-refractivity contribution is 0.597. The van der Waals surface area contributed by atoms with Crippen molar-refractivity contribution in [1.82, 2.24) is 9.55 Å². The van der Waals surface area contributed by atoms with Gasteiger partial charge < -0.3 is 10.3 Å². The summed E-state index contributed by atoms with van der Waals surface area (Å²) in [6, 6.07) is 4.10. The van der Waals surface area contributed by atoms with Crippen LogP contribution in [0.4, 0.5) is 10.1 Å². The van der Waals surface area contributed by atoms with E-state index in [4.69, 9.17) is 5.73 Å². The van der Waals surface area contributed by atoms with Crippen LogP contribution in [0.25, 0.3) is 0 Å². The van der Waals surface area contributed by atoms with E-state index in [1.54, 1.807) is 4.57 Å². The number of imidazole rings is 1. The van der Waals surface area contributed by atoms with E-state index >= 15 is 0 Å². The van der Waals surface area contributed by atoms with Crippen molar-refractivity contribution < 1.29 is 12.8 Å². The van der Waals surface area contributed by atoms with Gasteiger partial charge >= 0.3 is 0 Å². The molecule has 0 radical (unpaired) electrons. The molecule has 0 bridgehead atoms. The number of anilines is 1. The Morgan fingerprint density at radius 2 is 2.20 bits per heavy atom. The average Bonchev–Trinajstić information content (AvgIpc) is 2.88. The smallest absolute Gasteiger partial charge is 0.280 e. The molecule has 2 rings (SSSR count). The molecule has 1 aromatic heterocycles. The molecule has 0 fully saturated rings. The van der Waals surface area contributed by atoms with Crippen LogP contribution in [-0.2, 0) is 23.1 Å². The quantitative estimate of drug-likeness (QED) is 0.870. The molecule has 0 aliphatic heterocycles. The van der Waals surface area contributed by atoms with Gasteiger partial charge in [-0.25, -0.2) is 9.37 Å². The first-order chi connectivity index (χ1) is 9.47. The number of rotatable bonds is 5. The second kappa shape index (κ2) is 5.59. The summed E-state index contributed by atoms with van der Waals surface area (Å²) in [5, 5.41) is -0.119. The van der Waals surface area contributed by atoms with Crippen molar-refractivity contribution in [3.8, 4) is 0 Å². The summed E-state index contributed by atoms with van der Waals surface area (Å²) in [5.74, 6) is -0.549. The summed E-state index contributed by atoms with van der Waals surface area (Å²) in [7, 11) is -3.86. The molecular weight excluding hydrogens is 283 g/mol. The zero-order valence-corrected chi connectivity index (χ0v) is 11.7. The zero-order valence-electron chi connectivity index (χ0n) is 10.9. The van der Waals surface area contributed by atoms with Crippen molar-refractivity contribution in [2.24, 2.45) is 5.73 Å². The first-order valence-electron chi connectivity index (χ1n) is 6.00. The Morgan fingerprint density at radius 3 is 2.80 bits per heavy atom. The minimum Gasteiger partial charge on any atom is -0.336 e. The molecule has 0 aliphatic carbocycles. The van der Waals surface area contributed by atoms with E-state index in [0.29, 0.717) is 6.54 Å². The van der Waals surface area contributed by atoms with Crippen LogP contribution in [-0.4, -0.2) is 18.0 Å². The van der Waals surface area contributed by atoms with Gasteiger partial charge in [-0.05, 0) is 19.1 Å². The maximum absolute atomic E-state index is 13.6. The summed E-state index contributed by atoms with van der Waals surface area (Å²) < 4.78 is 41.8. The highest BCUT2D eigenvalue weighted by atomic mass is 32.2. The zero-order chi connectivity index (χ0) is 14.8. The molecule has 2 aromatic rings. The molecule has 0 spiro atoms. The lowest BCUT2D eigenvalue weighted by atomic mass is 10.2. The molecule has 1 aromatic carbocycles. The molecule has 1 heterocycles. The number of halogens is 1. The van der Waals surface area contributed by atoms with Gasteiger partial charge in [-0.3, -0.25) is 4.72 Å². The second-order valence-electron chi connectivity index (χ2n) is 4.12. The molecular formula is C12H15FN4O2S. The highest BCUT2D eigenvalue weighted by molar-refractivity contribution is 7.92. The number of nitrogens with two attached hydrogens (primary N) is 1. The third-order valence-corrected chi connectivity index (χ3v) is 4.07. The third kappa shape index (κ3) is 2.81. The average molecular weight is 298 g/mol. The van der Waals surface area contributed by atoms with Gasteiger partial charge in [0.25, 0.3) is 10.0 Å². The summed E-state index contributed by atoms with van der Waals surface area (Å²) in [4.78, 5) is 3.82. The molecule has 3 N–H and O–H groups in total. The predicted molar refractivity (Wildman–Crippen MR) is 73.0 cm³/mol. The van der Waals surface area contributed by atoms with E-state index in [9.17, 15) is 12.8 Å². The topological polar surface area (TPSA) is 90.0 Å². The number of sulfonamides is 1. The number of nitrogens with zero attached hydrogens (tertiary/aromatic N) is 2. The first-order valence-corrected chi connectivity index (χ1v) is 7.48. The molecule has 0 unspecified atom stereocenters. The van der Waals surface area contributed by atoms with Gasteiger partial charge in [-0.15, -0.1) is 0 Å². The van der Waals surface area contributed by atoms with Crippen molar-refractivity contribution in [1.29, 1.82) is 0 Å². The monoisotopic (exact) mass is 298 g/mol. The molecule has 6 nitrogen and oxygen atoms in total. The second-order valence-corrected chi connectivity index (χ2v) is 5.75. The van der Waals surface area contributed by atoms with E-state index in [1.165, 1.54) is 30.7 Å². The highest BCUT2D eigenvalue weighted by Gasteiger charge is 2.19. The molecule has 0 saturated carbocycles. The molecule has 108 valence electrons. The number of hydrogen-bond acceptors (Lipinski definition) is 4. The van der Waals surface area contributed by atoms with Crippen LogP contribution in [0.1, 0.15) is 12.5 Å². The van der Waals surface area contributed by atoms with Gasteiger partial charge in [-0.1, -0.05) is 6.07 Å². The van der Waals surface area contributed by atoms with Crippen molar-refractivity contribution in [2.75, 3.05) is 4.72 Å². The Kier molecular flexibility index (Phi) is 4.05. The van der Waals surface area contributed by atoms with E-state index < -0.39 is 15.8 Å². The summed E-state index contributed by atoms with van der Waals surface area (Å²) in [6.07, 6.45) is 2.83. The van der Waals surface area contributed by atoms with Crippen molar-refractivity contribution >= 4 is 15.7 Å². The highest BCUT2D eigenvalue weighted by Crippen LogP contribution is 2.21. The summed E-state index contributed by atoms with van der Waals surface area (Å²) in [6.45, 7) is 2.37. The molecule has 20 heavy (non-hydrogen) atoms. The fourth-order valence-corrected chi connectivity index (χ4v) is 2.76. The van der Waals surface area contributed by atoms with Crippen LogP contribution >= 0.6 is 0 Å². The van der Waals surface area contributed by atoms with Crippen LogP contribution in [0.15, 0.2) is 35.7 Å². The number of hydrogen-bond donors (Lipinski definition) is 2.